The number of anilines is 1. The number of aromatic hydroxyl groups is 1. The first kappa shape index (κ1) is 13.2. The number of hydrogen-bond donors (Lipinski definition) is 3. The fourth-order valence-corrected chi connectivity index (χ4v) is 2.11. The lowest BCUT2D eigenvalue weighted by atomic mass is 10.1. The average molecular weight is 280 g/mol. The summed E-state index contributed by atoms with van der Waals surface area (Å²) in [5.74, 6) is 1.75. The monoisotopic (exact) mass is 280 g/mol. The molecule has 3 N–H and O–H groups in total. The Morgan fingerprint density at radius 1 is 1.10 bits per heavy atom. The molecule has 0 aliphatic heterocycles. The van der Waals surface area contributed by atoms with Crippen LogP contribution in [-0.4, -0.2) is 20.3 Å². The molecule has 0 aliphatic carbocycles. The molecule has 0 radical (unpaired) electrons. The molecule has 0 bridgehead atoms. The number of nitrogens with zero attached hydrogens (tertiary/aromatic N) is 2. The molecular formula is C16H16N4O. The van der Waals surface area contributed by atoms with Crippen molar-refractivity contribution in [2.24, 2.45) is 0 Å². The Hall–Kier alpha value is -2.82. The molecule has 0 unspecified atom stereocenters. The number of benzene rings is 2. The van der Waals surface area contributed by atoms with Gasteiger partial charge in [0.25, 0.3) is 0 Å². The van der Waals surface area contributed by atoms with Crippen molar-refractivity contribution in [3.8, 4) is 17.1 Å². The van der Waals surface area contributed by atoms with Crippen LogP contribution in [0.2, 0.25) is 0 Å². The second-order valence-electron chi connectivity index (χ2n) is 4.81. The van der Waals surface area contributed by atoms with Gasteiger partial charge in [0.05, 0.1) is 0 Å². The SMILES string of the molecule is Cc1nc(-c2ccccc2NCc2ccc(O)cc2)n[nH]1. The minimum absolute atomic E-state index is 0.273. The van der Waals surface area contributed by atoms with Crippen LogP contribution in [0.3, 0.4) is 0 Å². The van der Waals surface area contributed by atoms with Crippen LogP contribution in [0.25, 0.3) is 11.4 Å². The number of aromatic amines is 1. The molecule has 3 rings (SSSR count). The molecule has 5 heteroatoms. The van der Waals surface area contributed by atoms with Gasteiger partial charge >= 0.3 is 0 Å². The van der Waals surface area contributed by atoms with Crippen molar-refractivity contribution in [2.75, 3.05) is 5.32 Å². The topological polar surface area (TPSA) is 73.8 Å². The standard InChI is InChI=1S/C16H16N4O/c1-11-18-16(20-19-11)14-4-2-3-5-15(14)17-10-12-6-8-13(21)9-7-12/h2-9,17,21H,10H2,1H3,(H,18,19,20). The molecule has 5 nitrogen and oxygen atoms in total. The van der Waals surface area contributed by atoms with Gasteiger partial charge in [0.15, 0.2) is 5.82 Å². The van der Waals surface area contributed by atoms with Crippen molar-refractivity contribution in [1.29, 1.82) is 0 Å². The van der Waals surface area contributed by atoms with Crippen LogP contribution in [0.1, 0.15) is 11.4 Å². The summed E-state index contributed by atoms with van der Waals surface area (Å²) in [6, 6.07) is 15.1. The van der Waals surface area contributed by atoms with Crippen molar-refractivity contribution < 1.29 is 5.11 Å². The third-order valence-corrected chi connectivity index (χ3v) is 3.18. The van der Waals surface area contributed by atoms with Gasteiger partial charge in [-0.05, 0) is 36.8 Å². The first-order chi connectivity index (χ1) is 10.2. The van der Waals surface area contributed by atoms with E-state index in [1.807, 2.05) is 43.3 Å². The first-order valence-corrected chi connectivity index (χ1v) is 6.72. The van der Waals surface area contributed by atoms with E-state index in [-0.39, 0.29) is 5.75 Å². The lowest BCUT2D eigenvalue weighted by Crippen LogP contribution is -2.01. The largest absolute Gasteiger partial charge is 0.508 e. The third kappa shape index (κ3) is 3.02. The van der Waals surface area contributed by atoms with E-state index < -0.39 is 0 Å². The van der Waals surface area contributed by atoms with E-state index in [4.69, 9.17) is 0 Å². The van der Waals surface area contributed by atoms with Crippen LogP contribution < -0.4 is 5.32 Å². The molecule has 0 amide bonds. The average Bonchev–Trinajstić information content (AvgIpc) is 2.93. The summed E-state index contributed by atoms with van der Waals surface area (Å²) in [5.41, 5.74) is 3.03. The Morgan fingerprint density at radius 2 is 1.86 bits per heavy atom. The van der Waals surface area contributed by atoms with Crippen LogP contribution in [0.5, 0.6) is 5.75 Å². The van der Waals surface area contributed by atoms with Crippen molar-refractivity contribution in [2.45, 2.75) is 13.5 Å². The van der Waals surface area contributed by atoms with E-state index in [1.165, 1.54) is 0 Å². The summed E-state index contributed by atoms with van der Waals surface area (Å²) >= 11 is 0. The molecule has 3 aromatic rings. The van der Waals surface area contributed by atoms with Crippen molar-refractivity contribution in [3.63, 3.8) is 0 Å². The van der Waals surface area contributed by atoms with E-state index in [2.05, 4.69) is 20.5 Å². The van der Waals surface area contributed by atoms with Gasteiger partial charge < -0.3 is 10.4 Å². The zero-order chi connectivity index (χ0) is 14.7. The number of phenols is 1. The highest BCUT2D eigenvalue weighted by Crippen LogP contribution is 2.25. The molecule has 1 aromatic heterocycles. The molecule has 0 atom stereocenters. The molecule has 0 aliphatic rings. The van der Waals surface area contributed by atoms with Gasteiger partial charge in [0.1, 0.15) is 11.6 Å². The number of rotatable bonds is 4. The molecule has 1 heterocycles. The van der Waals surface area contributed by atoms with Crippen LogP contribution in [0, 0.1) is 6.92 Å². The zero-order valence-corrected chi connectivity index (χ0v) is 11.7. The summed E-state index contributed by atoms with van der Waals surface area (Å²) in [5, 5.41) is 19.7. The Balaban J connectivity index is 1.81. The Bertz CT molecular complexity index is 734. The highest BCUT2D eigenvalue weighted by Gasteiger charge is 2.08. The lowest BCUT2D eigenvalue weighted by Gasteiger charge is -2.10. The summed E-state index contributed by atoms with van der Waals surface area (Å²) in [6.45, 7) is 2.55. The van der Waals surface area contributed by atoms with Gasteiger partial charge in [-0.2, -0.15) is 5.10 Å². The number of aromatic nitrogens is 3. The minimum atomic E-state index is 0.273. The van der Waals surface area contributed by atoms with E-state index in [0.29, 0.717) is 12.4 Å². The second kappa shape index (κ2) is 5.66. The van der Waals surface area contributed by atoms with Crippen LogP contribution in [0.4, 0.5) is 5.69 Å². The Morgan fingerprint density at radius 3 is 2.57 bits per heavy atom. The number of para-hydroxylation sites is 1. The van der Waals surface area contributed by atoms with Gasteiger partial charge in [-0.25, -0.2) is 4.98 Å². The zero-order valence-electron chi connectivity index (χ0n) is 11.7. The van der Waals surface area contributed by atoms with Gasteiger partial charge in [-0.3, -0.25) is 5.10 Å². The van der Waals surface area contributed by atoms with Crippen molar-refractivity contribution in [3.05, 3.63) is 59.9 Å². The molecule has 0 spiro atoms. The number of hydrogen-bond acceptors (Lipinski definition) is 4. The molecule has 2 aromatic carbocycles. The van der Waals surface area contributed by atoms with Crippen molar-refractivity contribution in [1.82, 2.24) is 15.2 Å². The number of phenolic OH excluding ortho intramolecular Hbond substituents is 1. The lowest BCUT2D eigenvalue weighted by molar-refractivity contribution is 0.475. The van der Waals surface area contributed by atoms with Crippen LogP contribution in [-0.2, 0) is 6.54 Å². The second-order valence-corrected chi connectivity index (χ2v) is 4.81. The molecule has 0 saturated carbocycles. The molecule has 0 fully saturated rings. The van der Waals surface area contributed by atoms with Crippen LogP contribution in [0.15, 0.2) is 48.5 Å². The van der Waals surface area contributed by atoms with Crippen molar-refractivity contribution >= 4 is 5.69 Å². The fraction of sp³-hybridized carbons (Fsp3) is 0.125. The quantitative estimate of drug-likeness (QED) is 0.686. The Kier molecular flexibility index (Phi) is 3.55. The summed E-state index contributed by atoms with van der Waals surface area (Å²) in [6.07, 6.45) is 0. The Labute approximate surface area is 122 Å². The van der Waals surface area contributed by atoms with E-state index >= 15 is 0 Å². The molecule has 21 heavy (non-hydrogen) atoms. The summed E-state index contributed by atoms with van der Waals surface area (Å²) in [7, 11) is 0. The van der Waals surface area contributed by atoms with Gasteiger partial charge in [0, 0.05) is 17.8 Å². The van der Waals surface area contributed by atoms with Crippen LogP contribution >= 0.6 is 0 Å². The normalized spacial score (nSPS) is 10.5. The third-order valence-electron chi connectivity index (χ3n) is 3.18. The molecule has 0 saturated heterocycles. The van der Waals surface area contributed by atoms with Gasteiger partial charge in [-0.15, -0.1) is 0 Å². The van der Waals surface area contributed by atoms with Gasteiger partial charge in [0.2, 0.25) is 0 Å². The first-order valence-electron chi connectivity index (χ1n) is 6.72. The fourth-order valence-electron chi connectivity index (χ4n) is 2.11. The molecule has 106 valence electrons. The maximum Gasteiger partial charge on any atom is 0.183 e. The highest BCUT2D eigenvalue weighted by molar-refractivity contribution is 5.73. The maximum atomic E-state index is 9.30. The summed E-state index contributed by atoms with van der Waals surface area (Å²) < 4.78 is 0. The smallest absolute Gasteiger partial charge is 0.183 e. The minimum Gasteiger partial charge on any atom is -0.508 e. The van der Waals surface area contributed by atoms with E-state index in [9.17, 15) is 5.11 Å². The highest BCUT2D eigenvalue weighted by atomic mass is 16.3. The predicted octanol–water partition coefficient (Wildman–Crippen LogP) is 3.10. The predicted molar refractivity (Wildman–Crippen MR) is 82.0 cm³/mol. The maximum absolute atomic E-state index is 9.30. The van der Waals surface area contributed by atoms with E-state index in [0.717, 1.165) is 22.6 Å². The van der Waals surface area contributed by atoms with Gasteiger partial charge in [-0.1, -0.05) is 24.3 Å². The number of H-pyrrole nitrogens is 1. The molecular weight excluding hydrogens is 264 g/mol. The number of aryl methyl sites for hydroxylation is 1. The van der Waals surface area contributed by atoms with E-state index in [1.54, 1.807) is 12.1 Å². The number of nitrogens with one attached hydrogen (secondary N) is 2. The summed E-state index contributed by atoms with van der Waals surface area (Å²) in [4.78, 5) is 4.37.